The van der Waals surface area contributed by atoms with Gasteiger partial charge in [0.05, 0.1) is 11.9 Å². The largest absolute Gasteiger partial charge is 0.350 e. The number of anilines is 1. The van der Waals surface area contributed by atoms with Crippen LogP contribution >= 0.6 is 11.6 Å². The molecule has 0 unspecified atom stereocenters. The van der Waals surface area contributed by atoms with Crippen LogP contribution in [-0.4, -0.2) is 27.1 Å². The Balaban J connectivity index is 1.81. The maximum Gasteiger partial charge on any atom is 0.241 e. The Morgan fingerprint density at radius 3 is 2.37 bits per heavy atom. The SMILES string of the molecule is CS(=O)(=O)N(CC(=O)NCc1ccc(Cl)cc1)c1cccc2ccccc12. The predicted octanol–water partition coefficient (Wildman–Crippen LogP) is 3.58. The van der Waals surface area contributed by atoms with E-state index in [9.17, 15) is 13.2 Å². The van der Waals surface area contributed by atoms with E-state index in [1.807, 2.05) is 42.5 Å². The van der Waals surface area contributed by atoms with E-state index in [0.717, 1.165) is 26.9 Å². The van der Waals surface area contributed by atoms with Gasteiger partial charge in [-0.25, -0.2) is 8.42 Å². The summed E-state index contributed by atoms with van der Waals surface area (Å²) in [7, 11) is -3.64. The molecule has 27 heavy (non-hydrogen) atoms. The lowest BCUT2D eigenvalue weighted by Gasteiger charge is -2.23. The molecular weight excluding hydrogens is 384 g/mol. The molecule has 3 aromatic carbocycles. The van der Waals surface area contributed by atoms with Gasteiger partial charge in [-0.1, -0.05) is 60.1 Å². The van der Waals surface area contributed by atoms with Crippen LogP contribution in [0.15, 0.2) is 66.7 Å². The number of nitrogens with one attached hydrogen (secondary N) is 1. The Bertz CT molecular complexity index is 1060. The van der Waals surface area contributed by atoms with E-state index in [4.69, 9.17) is 11.6 Å². The lowest BCUT2D eigenvalue weighted by atomic mass is 10.1. The molecule has 0 spiro atoms. The number of benzene rings is 3. The van der Waals surface area contributed by atoms with Crippen molar-refractivity contribution in [2.45, 2.75) is 6.54 Å². The summed E-state index contributed by atoms with van der Waals surface area (Å²) in [5.74, 6) is -0.386. The van der Waals surface area contributed by atoms with E-state index < -0.39 is 10.0 Å². The molecule has 0 aromatic heterocycles. The van der Waals surface area contributed by atoms with Crippen molar-refractivity contribution in [2.24, 2.45) is 0 Å². The van der Waals surface area contributed by atoms with Gasteiger partial charge in [-0.2, -0.15) is 0 Å². The van der Waals surface area contributed by atoms with E-state index in [1.54, 1.807) is 24.3 Å². The van der Waals surface area contributed by atoms with E-state index >= 15 is 0 Å². The van der Waals surface area contributed by atoms with E-state index in [1.165, 1.54) is 0 Å². The number of hydrogen-bond donors (Lipinski definition) is 1. The second kappa shape index (κ2) is 7.98. The number of sulfonamides is 1. The molecule has 7 heteroatoms. The normalized spacial score (nSPS) is 11.3. The number of fused-ring (bicyclic) bond motifs is 1. The molecule has 0 saturated heterocycles. The fourth-order valence-corrected chi connectivity index (χ4v) is 3.79. The number of nitrogens with zero attached hydrogens (tertiary/aromatic N) is 1. The van der Waals surface area contributed by atoms with Crippen molar-refractivity contribution in [3.8, 4) is 0 Å². The van der Waals surface area contributed by atoms with E-state index in [-0.39, 0.29) is 12.5 Å². The lowest BCUT2D eigenvalue weighted by Crippen LogP contribution is -2.40. The minimum Gasteiger partial charge on any atom is -0.350 e. The number of hydrogen-bond acceptors (Lipinski definition) is 3. The van der Waals surface area contributed by atoms with Gasteiger partial charge in [0.1, 0.15) is 6.54 Å². The Kier molecular flexibility index (Phi) is 5.68. The maximum absolute atomic E-state index is 12.4. The molecule has 0 aliphatic carbocycles. The smallest absolute Gasteiger partial charge is 0.241 e. The van der Waals surface area contributed by atoms with Crippen molar-refractivity contribution >= 4 is 44.0 Å². The molecule has 0 radical (unpaired) electrons. The first kappa shape index (κ1) is 19.2. The second-order valence-corrected chi connectivity index (χ2v) is 8.51. The van der Waals surface area contributed by atoms with Crippen LogP contribution in [0.4, 0.5) is 5.69 Å². The van der Waals surface area contributed by atoms with Gasteiger partial charge in [0.25, 0.3) is 0 Å². The third-order valence-corrected chi connectivity index (χ3v) is 5.50. The van der Waals surface area contributed by atoms with Gasteiger partial charge in [-0.15, -0.1) is 0 Å². The Labute approximate surface area is 163 Å². The quantitative estimate of drug-likeness (QED) is 0.685. The van der Waals surface area contributed by atoms with Gasteiger partial charge in [0, 0.05) is 17.0 Å². The maximum atomic E-state index is 12.4. The topological polar surface area (TPSA) is 66.5 Å². The van der Waals surface area contributed by atoms with Gasteiger partial charge in [0.15, 0.2) is 0 Å². The van der Waals surface area contributed by atoms with Crippen molar-refractivity contribution in [1.29, 1.82) is 0 Å². The van der Waals surface area contributed by atoms with Crippen molar-refractivity contribution in [3.63, 3.8) is 0 Å². The van der Waals surface area contributed by atoms with Gasteiger partial charge in [-0.05, 0) is 29.1 Å². The minimum absolute atomic E-state index is 0.291. The van der Waals surface area contributed by atoms with Gasteiger partial charge >= 0.3 is 0 Å². The molecule has 3 rings (SSSR count). The molecule has 0 heterocycles. The highest BCUT2D eigenvalue weighted by atomic mass is 35.5. The van der Waals surface area contributed by atoms with E-state index in [0.29, 0.717) is 17.3 Å². The van der Waals surface area contributed by atoms with Gasteiger partial charge in [-0.3, -0.25) is 9.10 Å². The van der Waals surface area contributed by atoms with Crippen molar-refractivity contribution < 1.29 is 13.2 Å². The molecule has 1 amide bonds. The highest BCUT2D eigenvalue weighted by Crippen LogP contribution is 2.28. The van der Waals surface area contributed by atoms with Crippen LogP contribution in [0.3, 0.4) is 0 Å². The number of amides is 1. The molecular formula is C20H19ClN2O3S. The highest BCUT2D eigenvalue weighted by molar-refractivity contribution is 7.92. The first-order chi connectivity index (χ1) is 12.8. The lowest BCUT2D eigenvalue weighted by molar-refractivity contribution is -0.119. The summed E-state index contributed by atoms with van der Waals surface area (Å²) in [4.78, 5) is 12.4. The summed E-state index contributed by atoms with van der Waals surface area (Å²) in [5.41, 5.74) is 1.36. The third-order valence-electron chi connectivity index (χ3n) is 4.13. The number of rotatable bonds is 6. The van der Waals surface area contributed by atoms with Crippen LogP contribution in [-0.2, 0) is 21.4 Å². The highest BCUT2D eigenvalue weighted by Gasteiger charge is 2.22. The summed E-state index contributed by atoms with van der Waals surface area (Å²) in [6, 6.07) is 19.9. The van der Waals surface area contributed by atoms with Crippen LogP contribution in [0.1, 0.15) is 5.56 Å². The fraction of sp³-hybridized carbons (Fsp3) is 0.150. The van der Waals surface area contributed by atoms with Crippen molar-refractivity contribution in [2.75, 3.05) is 17.1 Å². The molecule has 0 aliphatic heterocycles. The summed E-state index contributed by atoms with van der Waals surface area (Å²) in [6.45, 7) is 0.00354. The van der Waals surface area contributed by atoms with E-state index in [2.05, 4.69) is 5.32 Å². The van der Waals surface area contributed by atoms with Gasteiger partial charge in [0.2, 0.25) is 15.9 Å². The van der Waals surface area contributed by atoms with Crippen LogP contribution in [0, 0.1) is 0 Å². The minimum atomic E-state index is -3.64. The number of halogens is 1. The third kappa shape index (κ3) is 4.78. The molecule has 5 nitrogen and oxygen atoms in total. The Hall–Kier alpha value is -2.57. The monoisotopic (exact) mass is 402 g/mol. The van der Waals surface area contributed by atoms with Crippen LogP contribution in [0.2, 0.25) is 5.02 Å². The van der Waals surface area contributed by atoms with Crippen LogP contribution in [0.5, 0.6) is 0 Å². The molecule has 140 valence electrons. The first-order valence-electron chi connectivity index (χ1n) is 8.31. The van der Waals surface area contributed by atoms with Crippen molar-refractivity contribution in [3.05, 3.63) is 77.3 Å². The molecule has 3 aromatic rings. The van der Waals surface area contributed by atoms with Crippen LogP contribution in [0.25, 0.3) is 10.8 Å². The predicted molar refractivity (Wildman–Crippen MR) is 109 cm³/mol. The van der Waals surface area contributed by atoms with Crippen LogP contribution < -0.4 is 9.62 Å². The zero-order valence-electron chi connectivity index (χ0n) is 14.7. The summed E-state index contributed by atoms with van der Waals surface area (Å²) in [5, 5.41) is 5.05. The number of carbonyl (C=O) groups is 1. The molecule has 0 fully saturated rings. The average Bonchev–Trinajstić information content (AvgIpc) is 2.64. The van der Waals surface area contributed by atoms with Gasteiger partial charge < -0.3 is 5.32 Å². The Morgan fingerprint density at radius 2 is 1.67 bits per heavy atom. The summed E-state index contributed by atoms with van der Waals surface area (Å²) < 4.78 is 25.8. The molecule has 1 N–H and O–H groups in total. The summed E-state index contributed by atoms with van der Waals surface area (Å²) >= 11 is 5.85. The zero-order chi connectivity index (χ0) is 19.4. The Morgan fingerprint density at radius 1 is 1.00 bits per heavy atom. The number of carbonyl (C=O) groups excluding carboxylic acids is 1. The molecule has 0 bridgehead atoms. The molecule has 0 saturated carbocycles. The standard InChI is InChI=1S/C20H19ClN2O3S/c1-27(25,26)23(19-8-4-6-16-5-2-3-7-18(16)19)14-20(24)22-13-15-9-11-17(21)12-10-15/h2-12H,13-14H2,1H3,(H,22,24). The molecule has 0 aliphatic rings. The zero-order valence-corrected chi connectivity index (χ0v) is 16.3. The first-order valence-corrected chi connectivity index (χ1v) is 10.5. The molecule has 0 atom stereocenters. The van der Waals surface area contributed by atoms with Crippen molar-refractivity contribution in [1.82, 2.24) is 5.32 Å². The fourth-order valence-electron chi connectivity index (χ4n) is 2.80. The average molecular weight is 403 g/mol. The second-order valence-electron chi connectivity index (χ2n) is 6.17. The summed E-state index contributed by atoms with van der Waals surface area (Å²) in [6.07, 6.45) is 1.10.